The van der Waals surface area contributed by atoms with Crippen molar-refractivity contribution >= 4 is 22.7 Å². The third kappa shape index (κ3) is 3.05. The van der Waals surface area contributed by atoms with Crippen LogP contribution in [0.2, 0.25) is 0 Å². The summed E-state index contributed by atoms with van der Waals surface area (Å²) >= 11 is 1.55. The molecule has 0 aliphatic heterocycles. The van der Waals surface area contributed by atoms with Crippen LogP contribution in [0, 0.1) is 0 Å². The van der Waals surface area contributed by atoms with Crippen LogP contribution in [-0.2, 0) is 4.74 Å². The summed E-state index contributed by atoms with van der Waals surface area (Å²) in [5.74, 6) is 0. The molecule has 5 heteroatoms. The van der Waals surface area contributed by atoms with Crippen LogP contribution in [0.25, 0.3) is 10.9 Å². The Balaban J connectivity index is 2.11. The fraction of sp³-hybridized carbons (Fsp3) is 0.385. The molecule has 1 heterocycles. The Morgan fingerprint density at radius 3 is 2.89 bits per heavy atom. The highest BCUT2D eigenvalue weighted by atomic mass is 32.2. The molecule has 1 aromatic heterocycles. The van der Waals surface area contributed by atoms with Crippen molar-refractivity contribution in [2.75, 3.05) is 20.3 Å². The number of rotatable bonds is 6. The van der Waals surface area contributed by atoms with Gasteiger partial charge in [-0.1, -0.05) is 18.2 Å². The van der Waals surface area contributed by atoms with Crippen LogP contribution in [0.4, 0.5) is 0 Å². The molecular formula is C13H18N2O2S. The molecule has 1 aromatic carbocycles. The first kappa shape index (κ1) is 13.4. The van der Waals surface area contributed by atoms with Crippen LogP contribution < -0.4 is 5.73 Å². The second-order valence-electron chi connectivity index (χ2n) is 4.18. The number of hydrogen-bond acceptors (Lipinski definition) is 4. The summed E-state index contributed by atoms with van der Waals surface area (Å²) in [6, 6.07) is 9.97. The van der Waals surface area contributed by atoms with Crippen molar-refractivity contribution in [1.29, 1.82) is 0 Å². The standard InChI is InChI=1S/C13H18N2O2S/c1-17-8-10(14)12(7-16)18-13-6-9-4-2-3-5-11(9)15-13/h2-6,10,12,15-16H,7-8,14H2,1H3. The van der Waals surface area contributed by atoms with Crippen molar-refractivity contribution in [3.8, 4) is 0 Å². The van der Waals surface area contributed by atoms with Gasteiger partial charge in [-0.2, -0.15) is 0 Å². The van der Waals surface area contributed by atoms with Gasteiger partial charge in [0.25, 0.3) is 0 Å². The molecule has 2 aromatic rings. The van der Waals surface area contributed by atoms with Crippen molar-refractivity contribution < 1.29 is 9.84 Å². The summed E-state index contributed by atoms with van der Waals surface area (Å²) in [4.78, 5) is 3.31. The highest BCUT2D eigenvalue weighted by molar-refractivity contribution is 8.00. The highest BCUT2D eigenvalue weighted by Gasteiger charge is 2.19. The maximum Gasteiger partial charge on any atom is 0.0736 e. The predicted molar refractivity (Wildman–Crippen MR) is 74.9 cm³/mol. The van der Waals surface area contributed by atoms with Crippen LogP contribution in [0.3, 0.4) is 0 Å². The van der Waals surface area contributed by atoms with Crippen LogP contribution in [-0.4, -0.2) is 41.7 Å². The number of aliphatic hydroxyl groups excluding tert-OH is 1. The molecule has 18 heavy (non-hydrogen) atoms. The summed E-state index contributed by atoms with van der Waals surface area (Å²) in [5, 5.41) is 11.5. The van der Waals surface area contributed by atoms with Gasteiger partial charge in [-0.3, -0.25) is 0 Å². The normalized spacial score (nSPS) is 14.8. The van der Waals surface area contributed by atoms with E-state index in [1.807, 2.05) is 18.2 Å². The van der Waals surface area contributed by atoms with Gasteiger partial charge < -0.3 is 20.6 Å². The second-order valence-corrected chi connectivity index (χ2v) is 5.46. The Labute approximate surface area is 111 Å². The molecule has 0 spiro atoms. The average molecular weight is 266 g/mol. The van der Waals surface area contributed by atoms with E-state index in [4.69, 9.17) is 10.5 Å². The lowest BCUT2D eigenvalue weighted by atomic mass is 10.2. The first-order valence-corrected chi connectivity index (χ1v) is 6.72. The highest BCUT2D eigenvalue weighted by Crippen LogP contribution is 2.27. The Bertz CT molecular complexity index is 467. The number of methoxy groups -OCH3 is 1. The molecule has 0 amide bonds. The fourth-order valence-corrected chi connectivity index (χ4v) is 2.85. The average Bonchev–Trinajstić information content (AvgIpc) is 2.78. The van der Waals surface area contributed by atoms with E-state index < -0.39 is 0 Å². The minimum absolute atomic E-state index is 0.0323. The number of thioether (sulfide) groups is 1. The number of hydrogen-bond donors (Lipinski definition) is 3. The van der Waals surface area contributed by atoms with Gasteiger partial charge in [-0.15, -0.1) is 11.8 Å². The summed E-state index contributed by atoms with van der Waals surface area (Å²) in [7, 11) is 1.61. The number of aliphatic hydroxyl groups is 1. The van der Waals surface area contributed by atoms with Crippen molar-refractivity contribution in [2.24, 2.45) is 5.73 Å². The maximum absolute atomic E-state index is 9.39. The number of aromatic amines is 1. The summed E-state index contributed by atoms with van der Waals surface area (Å²) in [5.41, 5.74) is 7.06. The van der Waals surface area contributed by atoms with E-state index in [9.17, 15) is 5.11 Å². The van der Waals surface area contributed by atoms with Crippen LogP contribution in [0.1, 0.15) is 0 Å². The van der Waals surface area contributed by atoms with E-state index in [0.717, 1.165) is 15.9 Å². The molecule has 0 aliphatic rings. The van der Waals surface area contributed by atoms with Gasteiger partial charge in [0.05, 0.1) is 23.5 Å². The van der Waals surface area contributed by atoms with Crippen molar-refractivity contribution in [3.05, 3.63) is 30.3 Å². The summed E-state index contributed by atoms with van der Waals surface area (Å²) in [6.45, 7) is 0.475. The van der Waals surface area contributed by atoms with E-state index in [-0.39, 0.29) is 17.9 Å². The molecule has 4 N–H and O–H groups in total. The molecule has 2 rings (SSSR count). The second kappa shape index (κ2) is 6.24. The molecule has 2 atom stereocenters. The Hall–Kier alpha value is -1.01. The summed E-state index contributed by atoms with van der Waals surface area (Å²) in [6.07, 6.45) is 0. The number of ether oxygens (including phenoxy) is 1. The molecule has 2 unspecified atom stereocenters. The van der Waals surface area contributed by atoms with Crippen LogP contribution in [0.5, 0.6) is 0 Å². The van der Waals surface area contributed by atoms with Crippen molar-refractivity contribution in [1.82, 2.24) is 4.98 Å². The molecule has 0 bridgehead atoms. The third-order valence-corrected chi connectivity index (χ3v) is 4.08. The maximum atomic E-state index is 9.39. The van der Waals surface area contributed by atoms with Gasteiger partial charge in [0.15, 0.2) is 0 Å². The lowest BCUT2D eigenvalue weighted by Crippen LogP contribution is -2.38. The van der Waals surface area contributed by atoms with Gasteiger partial charge >= 0.3 is 0 Å². The summed E-state index contributed by atoms with van der Waals surface area (Å²) < 4.78 is 5.02. The first-order valence-electron chi connectivity index (χ1n) is 5.84. The Morgan fingerprint density at radius 2 is 2.22 bits per heavy atom. The molecule has 0 aliphatic carbocycles. The number of H-pyrrole nitrogens is 1. The zero-order chi connectivity index (χ0) is 13.0. The smallest absolute Gasteiger partial charge is 0.0736 e. The van der Waals surface area contributed by atoms with Crippen LogP contribution >= 0.6 is 11.8 Å². The first-order chi connectivity index (χ1) is 8.74. The molecular weight excluding hydrogens is 248 g/mol. The number of fused-ring (bicyclic) bond motifs is 1. The van der Waals surface area contributed by atoms with Gasteiger partial charge in [0, 0.05) is 24.1 Å². The largest absolute Gasteiger partial charge is 0.395 e. The minimum atomic E-state index is -0.184. The van der Waals surface area contributed by atoms with Crippen molar-refractivity contribution in [3.63, 3.8) is 0 Å². The molecule has 0 fully saturated rings. The van der Waals surface area contributed by atoms with Gasteiger partial charge in [0.2, 0.25) is 0 Å². The van der Waals surface area contributed by atoms with E-state index in [1.54, 1.807) is 18.9 Å². The third-order valence-electron chi connectivity index (χ3n) is 2.80. The van der Waals surface area contributed by atoms with E-state index in [0.29, 0.717) is 6.61 Å². The number of aromatic nitrogens is 1. The van der Waals surface area contributed by atoms with E-state index in [1.165, 1.54) is 0 Å². The number of nitrogens with one attached hydrogen (secondary N) is 1. The van der Waals surface area contributed by atoms with Crippen LogP contribution in [0.15, 0.2) is 35.4 Å². The molecule has 4 nitrogen and oxygen atoms in total. The zero-order valence-electron chi connectivity index (χ0n) is 10.3. The topological polar surface area (TPSA) is 71.3 Å². The Morgan fingerprint density at radius 1 is 1.44 bits per heavy atom. The molecule has 98 valence electrons. The van der Waals surface area contributed by atoms with Gasteiger partial charge in [0.1, 0.15) is 0 Å². The van der Waals surface area contributed by atoms with E-state index in [2.05, 4.69) is 17.1 Å². The predicted octanol–water partition coefficient (Wildman–Crippen LogP) is 1.59. The quantitative estimate of drug-likeness (QED) is 0.694. The molecule has 0 saturated carbocycles. The van der Waals surface area contributed by atoms with Gasteiger partial charge in [-0.05, 0) is 12.1 Å². The number of benzene rings is 1. The van der Waals surface area contributed by atoms with Gasteiger partial charge in [-0.25, -0.2) is 0 Å². The van der Waals surface area contributed by atoms with Crippen molar-refractivity contribution in [2.45, 2.75) is 16.3 Å². The SMILES string of the molecule is COCC(N)C(CO)Sc1cc2ccccc2[nH]1. The molecule has 0 radical (unpaired) electrons. The minimum Gasteiger partial charge on any atom is -0.395 e. The Kier molecular flexibility index (Phi) is 4.66. The monoisotopic (exact) mass is 266 g/mol. The lowest BCUT2D eigenvalue weighted by Gasteiger charge is -2.19. The zero-order valence-corrected chi connectivity index (χ0v) is 11.1. The van der Waals surface area contributed by atoms with E-state index >= 15 is 0 Å². The number of nitrogens with two attached hydrogens (primary N) is 1. The number of para-hydroxylation sites is 1. The molecule has 0 saturated heterocycles. The fourth-order valence-electron chi connectivity index (χ4n) is 1.83. The lowest BCUT2D eigenvalue weighted by molar-refractivity contribution is 0.167.